The maximum absolute atomic E-state index is 13.4. The molecule has 9 heteroatoms. The first-order chi connectivity index (χ1) is 19.8. The Balaban J connectivity index is 1.31. The topological polar surface area (TPSA) is 120 Å². The lowest BCUT2D eigenvalue weighted by Crippen LogP contribution is -2.25. The molecule has 1 aliphatic rings. The number of nitrogen functional groups attached to an aromatic ring is 1. The molecule has 0 atom stereocenters. The van der Waals surface area contributed by atoms with Gasteiger partial charge in [-0.3, -0.25) is 9.59 Å². The van der Waals surface area contributed by atoms with Gasteiger partial charge in [0.05, 0.1) is 35.6 Å². The number of hydrogen-bond acceptors (Lipinski definition) is 8. The molecule has 2 aromatic carbocycles. The quantitative estimate of drug-likeness (QED) is 0.101. The summed E-state index contributed by atoms with van der Waals surface area (Å²) in [5.41, 5.74) is 13.2. The number of carbonyl (C=O) groups excluding carboxylic acids is 1. The highest BCUT2D eigenvalue weighted by molar-refractivity contribution is 5.89. The molecule has 0 saturated carbocycles. The van der Waals surface area contributed by atoms with Gasteiger partial charge in [-0.2, -0.15) is 5.06 Å². The van der Waals surface area contributed by atoms with Gasteiger partial charge in [-0.1, -0.05) is 26.0 Å². The predicted molar refractivity (Wildman–Crippen MR) is 158 cm³/mol. The zero-order valence-corrected chi connectivity index (χ0v) is 23.8. The molecule has 0 fully saturated rings. The third kappa shape index (κ3) is 5.96. The van der Waals surface area contributed by atoms with E-state index in [4.69, 9.17) is 20.2 Å². The van der Waals surface area contributed by atoms with Gasteiger partial charge in [0.1, 0.15) is 12.4 Å². The summed E-state index contributed by atoms with van der Waals surface area (Å²) < 4.78 is 13.1. The Bertz CT molecular complexity index is 1650. The van der Waals surface area contributed by atoms with E-state index in [1.165, 1.54) is 5.06 Å². The van der Waals surface area contributed by atoms with E-state index in [1.54, 1.807) is 11.5 Å². The molecule has 0 unspecified atom stereocenters. The number of rotatable bonds is 11. The van der Waals surface area contributed by atoms with Crippen molar-refractivity contribution in [1.29, 1.82) is 0 Å². The minimum Gasteiger partial charge on any atom is -0.494 e. The summed E-state index contributed by atoms with van der Waals surface area (Å²) in [6.07, 6.45) is 1.70. The van der Waals surface area contributed by atoms with E-state index in [1.807, 2.05) is 55.5 Å². The van der Waals surface area contributed by atoms with Crippen LogP contribution in [0.2, 0.25) is 0 Å². The molecule has 0 saturated heterocycles. The number of aryl methyl sites for hydroxylation is 2. The molecule has 9 nitrogen and oxygen atoms in total. The fourth-order valence-corrected chi connectivity index (χ4v) is 5.33. The molecule has 4 aromatic rings. The number of nitrogens with zero attached hydrogens (tertiary/aromatic N) is 3. The Labute approximate surface area is 239 Å². The highest BCUT2D eigenvalue weighted by Gasteiger charge is 2.27. The molecule has 0 amide bonds. The lowest BCUT2D eigenvalue weighted by molar-refractivity contribution is -0.144. The molecule has 3 heterocycles. The fraction of sp³-hybridized carbons (Fsp3) is 0.344. The van der Waals surface area contributed by atoms with Gasteiger partial charge in [0.25, 0.3) is 5.56 Å². The van der Waals surface area contributed by atoms with Gasteiger partial charge >= 0.3 is 5.97 Å². The summed E-state index contributed by atoms with van der Waals surface area (Å²) in [5, 5.41) is 12.5. The lowest BCUT2D eigenvalue weighted by atomic mass is 9.98. The summed E-state index contributed by atoms with van der Waals surface area (Å²) in [5.74, 6) is 0.407. The second kappa shape index (κ2) is 12.1. The molecule has 5 rings (SSSR count). The van der Waals surface area contributed by atoms with Crippen molar-refractivity contribution in [2.45, 2.75) is 59.7 Å². The first-order valence-corrected chi connectivity index (χ1v) is 14.0. The van der Waals surface area contributed by atoms with Crippen LogP contribution in [0.5, 0.6) is 5.75 Å². The molecule has 41 heavy (non-hydrogen) atoms. The number of fused-ring (bicyclic) bond motifs is 4. The number of anilines is 1. The third-order valence-corrected chi connectivity index (χ3v) is 7.55. The van der Waals surface area contributed by atoms with E-state index >= 15 is 0 Å². The fourth-order valence-electron chi connectivity index (χ4n) is 5.33. The molecule has 0 spiro atoms. The number of hydrogen-bond donors (Lipinski definition) is 2. The van der Waals surface area contributed by atoms with Crippen molar-refractivity contribution in [1.82, 2.24) is 14.6 Å². The monoisotopic (exact) mass is 556 g/mol. The number of pyridine rings is 2. The number of esters is 1. The molecular formula is C32H36N4O5. The zero-order valence-electron chi connectivity index (χ0n) is 23.8. The van der Waals surface area contributed by atoms with Gasteiger partial charge in [-0.05, 0) is 72.9 Å². The Hall–Kier alpha value is -4.21. The van der Waals surface area contributed by atoms with Crippen molar-refractivity contribution < 1.29 is 19.5 Å². The minimum atomic E-state index is -0.330. The van der Waals surface area contributed by atoms with Crippen LogP contribution in [0.3, 0.4) is 0 Å². The molecular weight excluding hydrogens is 520 g/mol. The van der Waals surface area contributed by atoms with Crippen LogP contribution in [0.1, 0.15) is 54.5 Å². The van der Waals surface area contributed by atoms with Crippen LogP contribution in [-0.2, 0) is 35.6 Å². The summed E-state index contributed by atoms with van der Waals surface area (Å²) in [4.78, 5) is 30.1. The molecule has 214 valence electrons. The van der Waals surface area contributed by atoms with Gasteiger partial charge in [-0.15, -0.1) is 0 Å². The highest BCUT2D eigenvalue weighted by atomic mass is 16.5. The van der Waals surface area contributed by atoms with Gasteiger partial charge in [-0.25, -0.2) is 4.98 Å². The van der Waals surface area contributed by atoms with Gasteiger partial charge < -0.3 is 25.0 Å². The molecule has 2 aromatic heterocycles. The molecule has 0 aliphatic carbocycles. The van der Waals surface area contributed by atoms with Crippen LogP contribution in [0, 0.1) is 6.92 Å². The van der Waals surface area contributed by atoms with Crippen molar-refractivity contribution in [2.24, 2.45) is 0 Å². The molecule has 0 radical (unpaired) electrons. The van der Waals surface area contributed by atoms with Gasteiger partial charge in [0, 0.05) is 36.1 Å². The number of carbonyl (C=O) groups is 1. The molecule has 0 bridgehead atoms. The largest absolute Gasteiger partial charge is 0.494 e. The highest BCUT2D eigenvalue weighted by Crippen LogP contribution is 2.37. The van der Waals surface area contributed by atoms with Crippen LogP contribution < -0.4 is 16.0 Å². The normalized spacial score (nSPS) is 12.0. The maximum Gasteiger partial charge on any atom is 0.305 e. The van der Waals surface area contributed by atoms with Crippen molar-refractivity contribution >= 4 is 22.6 Å². The summed E-state index contributed by atoms with van der Waals surface area (Å²) in [6.45, 7) is 7.45. The molecule has 3 N–H and O–H groups in total. The first kappa shape index (κ1) is 28.3. The number of ether oxygens (including phenoxy) is 2. The van der Waals surface area contributed by atoms with E-state index < -0.39 is 0 Å². The average molecular weight is 557 g/mol. The SMILES string of the molecule is CCC(=O)OCc1c(C)cc2n(c1=O)Cc1c-2nc2ccc(OCCCN(O)Cc3ccc(N)cc3)cc2c1CC. The van der Waals surface area contributed by atoms with E-state index in [2.05, 4.69) is 6.92 Å². The van der Waals surface area contributed by atoms with Crippen molar-refractivity contribution in [2.75, 3.05) is 18.9 Å². The Morgan fingerprint density at radius 3 is 2.63 bits per heavy atom. The zero-order chi connectivity index (χ0) is 29.1. The Kier molecular flexibility index (Phi) is 8.37. The van der Waals surface area contributed by atoms with Crippen molar-refractivity contribution in [3.05, 3.63) is 86.7 Å². The van der Waals surface area contributed by atoms with Crippen LogP contribution in [-0.4, -0.2) is 38.9 Å². The summed E-state index contributed by atoms with van der Waals surface area (Å²) >= 11 is 0. The van der Waals surface area contributed by atoms with E-state index in [0.29, 0.717) is 43.9 Å². The van der Waals surface area contributed by atoms with Crippen LogP contribution in [0.15, 0.2) is 53.3 Å². The standard InChI is InChI=1S/C32H36N4O5/c1-4-24-25-16-23(40-14-6-13-35(39)17-21-7-9-22(33)10-8-21)11-12-28(25)34-31-26(24)18-36-29(31)15-20(3)27(32(36)38)19-41-30(37)5-2/h7-12,15-16,39H,4-6,13-14,17-19,33H2,1-3H3. The van der Waals surface area contributed by atoms with E-state index in [9.17, 15) is 14.8 Å². The van der Waals surface area contributed by atoms with E-state index in [-0.39, 0.29) is 24.6 Å². The second-order valence-corrected chi connectivity index (χ2v) is 10.4. The number of aromatic nitrogens is 2. The maximum atomic E-state index is 13.4. The number of hydroxylamine groups is 2. The van der Waals surface area contributed by atoms with Crippen LogP contribution in [0.4, 0.5) is 5.69 Å². The number of nitrogens with two attached hydrogens (primary N) is 1. The lowest BCUT2D eigenvalue weighted by Gasteiger charge is -2.16. The summed E-state index contributed by atoms with van der Waals surface area (Å²) in [6, 6.07) is 15.3. The number of benzene rings is 2. The van der Waals surface area contributed by atoms with E-state index in [0.717, 1.165) is 56.7 Å². The average Bonchev–Trinajstić information content (AvgIpc) is 3.33. The minimum absolute atomic E-state index is 0.0277. The third-order valence-electron chi connectivity index (χ3n) is 7.55. The van der Waals surface area contributed by atoms with Crippen molar-refractivity contribution in [3.8, 4) is 17.1 Å². The summed E-state index contributed by atoms with van der Waals surface area (Å²) in [7, 11) is 0. The smallest absolute Gasteiger partial charge is 0.305 e. The van der Waals surface area contributed by atoms with Crippen molar-refractivity contribution in [3.63, 3.8) is 0 Å². The second-order valence-electron chi connectivity index (χ2n) is 10.4. The first-order valence-electron chi connectivity index (χ1n) is 14.0. The molecule has 1 aliphatic heterocycles. The Morgan fingerprint density at radius 1 is 1.12 bits per heavy atom. The predicted octanol–water partition coefficient (Wildman–Crippen LogP) is 4.99. The van der Waals surface area contributed by atoms with Gasteiger partial charge in [0.2, 0.25) is 0 Å². The Morgan fingerprint density at radius 2 is 1.90 bits per heavy atom. The van der Waals surface area contributed by atoms with Gasteiger partial charge in [0.15, 0.2) is 0 Å². The van der Waals surface area contributed by atoms with Crippen LogP contribution in [0.25, 0.3) is 22.3 Å². The van der Waals surface area contributed by atoms with Crippen LogP contribution >= 0.6 is 0 Å².